The molecule has 3 rings (SSSR count). The number of carbonyl (C=O) groups excluding carboxylic acids is 1. The Morgan fingerprint density at radius 1 is 1.33 bits per heavy atom. The maximum atomic E-state index is 12.4. The van der Waals surface area contributed by atoms with Crippen LogP contribution in [0.5, 0.6) is 0 Å². The molecule has 0 atom stereocenters. The van der Waals surface area contributed by atoms with Gasteiger partial charge in [0.1, 0.15) is 5.03 Å². The first-order valence-electron chi connectivity index (χ1n) is 7.80. The highest BCUT2D eigenvalue weighted by Gasteiger charge is 2.20. The van der Waals surface area contributed by atoms with Crippen molar-refractivity contribution >= 4 is 23.8 Å². The van der Waals surface area contributed by atoms with E-state index >= 15 is 0 Å². The van der Waals surface area contributed by atoms with Gasteiger partial charge < -0.3 is 9.15 Å². The molecule has 0 bridgehead atoms. The van der Waals surface area contributed by atoms with Crippen molar-refractivity contribution in [2.24, 2.45) is 0 Å². The van der Waals surface area contributed by atoms with Crippen LogP contribution in [0.4, 0.5) is 0 Å². The fraction of sp³-hybridized carbons (Fsp3) is 0.278. The summed E-state index contributed by atoms with van der Waals surface area (Å²) in [4.78, 5) is 28.9. The molecule has 0 aliphatic carbocycles. The maximum Gasteiger partial charge on any atom is 0.347 e. The lowest BCUT2D eigenvalue weighted by Gasteiger charge is -2.12. The van der Waals surface area contributed by atoms with E-state index in [1.165, 1.54) is 11.8 Å². The Balaban J connectivity index is 2.07. The van der Waals surface area contributed by atoms with Crippen LogP contribution in [0.25, 0.3) is 17.5 Å². The number of hydrogen-bond donors (Lipinski definition) is 0. The Hall–Kier alpha value is -2.34. The molecular formula is C18H17NO4S. The fourth-order valence-electron chi connectivity index (χ4n) is 2.40. The molecule has 1 aliphatic rings. The zero-order chi connectivity index (χ0) is 16.9. The van der Waals surface area contributed by atoms with E-state index in [1.807, 2.05) is 30.3 Å². The third-order valence-electron chi connectivity index (χ3n) is 3.55. The number of benzene rings is 1. The van der Waals surface area contributed by atoms with Gasteiger partial charge in [-0.05, 0) is 43.7 Å². The standard InChI is InChI=1S/C18H17NO4S/c1-2-22-17(20)13-9-6-10-24-16-14(11-13)18(21)23-15(19-16)12-7-4-3-5-8-12/h3-5,7-8,11H,2,6,9-10H2,1H3/b13-11+. The van der Waals surface area contributed by atoms with Gasteiger partial charge in [0.05, 0.1) is 12.2 Å². The third kappa shape index (κ3) is 3.59. The predicted octanol–water partition coefficient (Wildman–Crippen LogP) is 3.53. The summed E-state index contributed by atoms with van der Waals surface area (Å²) >= 11 is 1.51. The summed E-state index contributed by atoms with van der Waals surface area (Å²) < 4.78 is 10.4. The lowest BCUT2D eigenvalue weighted by molar-refractivity contribution is -0.138. The number of ether oxygens (including phenoxy) is 1. The van der Waals surface area contributed by atoms with Crippen molar-refractivity contribution in [1.82, 2.24) is 4.98 Å². The minimum Gasteiger partial charge on any atom is -0.463 e. The van der Waals surface area contributed by atoms with Gasteiger partial charge in [-0.3, -0.25) is 0 Å². The Morgan fingerprint density at radius 2 is 2.12 bits per heavy atom. The van der Waals surface area contributed by atoms with Gasteiger partial charge in [-0.2, -0.15) is 0 Å². The summed E-state index contributed by atoms with van der Waals surface area (Å²) in [5.74, 6) is 0.675. The quantitative estimate of drug-likeness (QED) is 0.794. The van der Waals surface area contributed by atoms with Gasteiger partial charge >= 0.3 is 11.6 Å². The maximum absolute atomic E-state index is 12.4. The molecule has 2 aromatic rings. The van der Waals surface area contributed by atoms with Crippen molar-refractivity contribution in [3.05, 3.63) is 51.9 Å². The van der Waals surface area contributed by atoms with Crippen LogP contribution in [-0.2, 0) is 9.53 Å². The molecule has 2 heterocycles. The van der Waals surface area contributed by atoms with Crippen LogP contribution in [0.3, 0.4) is 0 Å². The van der Waals surface area contributed by atoms with Crippen molar-refractivity contribution in [2.45, 2.75) is 24.8 Å². The van der Waals surface area contributed by atoms with Crippen molar-refractivity contribution in [2.75, 3.05) is 12.4 Å². The summed E-state index contributed by atoms with van der Waals surface area (Å²) in [7, 11) is 0. The van der Waals surface area contributed by atoms with Crippen LogP contribution in [0.15, 0.2) is 50.1 Å². The number of rotatable bonds is 3. The highest BCUT2D eigenvalue weighted by molar-refractivity contribution is 7.99. The van der Waals surface area contributed by atoms with Crippen LogP contribution >= 0.6 is 11.8 Å². The molecule has 6 heteroatoms. The van der Waals surface area contributed by atoms with E-state index in [0.29, 0.717) is 35.1 Å². The van der Waals surface area contributed by atoms with Crippen molar-refractivity contribution in [3.8, 4) is 11.5 Å². The van der Waals surface area contributed by atoms with E-state index in [4.69, 9.17) is 9.15 Å². The second-order valence-corrected chi connectivity index (χ2v) is 6.32. The number of aromatic nitrogens is 1. The molecule has 1 aliphatic heterocycles. The molecule has 0 amide bonds. The number of nitrogens with zero attached hydrogens (tertiary/aromatic N) is 1. The molecule has 124 valence electrons. The zero-order valence-corrected chi connectivity index (χ0v) is 14.1. The smallest absolute Gasteiger partial charge is 0.347 e. The Bertz CT molecular complexity index is 827. The summed E-state index contributed by atoms with van der Waals surface area (Å²) in [5, 5.41) is 0.589. The first-order valence-corrected chi connectivity index (χ1v) is 8.78. The minimum atomic E-state index is -0.491. The van der Waals surface area contributed by atoms with E-state index in [9.17, 15) is 9.59 Å². The van der Waals surface area contributed by atoms with Gasteiger partial charge in [0.2, 0.25) is 5.89 Å². The monoisotopic (exact) mass is 343 g/mol. The second-order valence-electron chi connectivity index (χ2n) is 5.23. The molecule has 1 aromatic carbocycles. The zero-order valence-electron chi connectivity index (χ0n) is 13.3. The fourth-order valence-corrected chi connectivity index (χ4v) is 3.33. The molecule has 0 fully saturated rings. The molecular weight excluding hydrogens is 326 g/mol. The lowest BCUT2D eigenvalue weighted by atomic mass is 10.1. The van der Waals surface area contributed by atoms with Crippen LogP contribution < -0.4 is 5.63 Å². The average Bonchev–Trinajstić information content (AvgIpc) is 2.57. The average molecular weight is 343 g/mol. The van der Waals surface area contributed by atoms with Crippen LogP contribution in [-0.4, -0.2) is 23.3 Å². The minimum absolute atomic E-state index is 0.290. The number of carbonyl (C=O) groups is 1. The van der Waals surface area contributed by atoms with Gasteiger partial charge in [0, 0.05) is 11.1 Å². The van der Waals surface area contributed by atoms with Crippen LogP contribution in [0.2, 0.25) is 0 Å². The number of esters is 1. The first-order chi connectivity index (χ1) is 11.7. The summed E-state index contributed by atoms with van der Waals surface area (Å²) in [6.45, 7) is 2.06. The van der Waals surface area contributed by atoms with Gasteiger partial charge in [-0.25, -0.2) is 14.6 Å². The van der Waals surface area contributed by atoms with E-state index in [1.54, 1.807) is 13.0 Å². The normalized spacial score (nSPS) is 16.3. The first kappa shape index (κ1) is 16.5. The second kappa shape index (κ2) is 7.49. The molecule has 0 unspecified atom stereocenters. The third-order valence-corrected chi connectivity index (χ3v) is 4.63. The largest absolute Gasteiger partial charge is 0.463 e. The highest BCUT2D eigenvalue weighted by atomic mass is 32.2. The molecule has 24 heavy (non-hydrogen) atoms. The van der Waals surface area contributed by atoms with Crippen LogP contribution in [0, 0.1) is 0 Å². The number of hydrogen-bond acceptors (Lipinski definition) is 6. The van der Waals surface area contributed by atoms with Gasteiger partial charge in [-0.15, -0.1) is 11.8 Å². The van der Waals surface area contributed by atoms with E-state index in [-0.39, 0.29) is 5.97 Å². The van der Waals surface area contributed by atoms with Crippen molar-refractivity contribution in [3.63, 3.8) is 0 Å². The summed E-state index contributed by atoms with van der Waals surface area (Å²) in [6.07, 6.45) is 2.95. The molecule has 1 aromatic heterocycles. The van der Waals surface area contributed by atoms with E-state index < -0.39 is 5.63 Å². The molecule has 0 saturated carbocycles. The SMILES string of the molecule is CCOC(=O)/C1=C/c2c(nc(-c3ccccc3)oc2=O)SCCC1. The summed E-state index contributed by atoms with van der Waals surface area (Å²) in [6, 6.07) is 9.29. The molecule has 0 radical (unpaired) electrons. The molecule has 0 saturated heterocycles. The Morgan fingerprint density at radius 3 is 2.88 bits per heavy atom. The predicted molar refractivity (Wildman–Crippen MR) is 92.8 cm³/mol. The Kier molecular flexibility index (Phi) is 5.15. The van der Waals surface area contributed by atoms with Gasteiger partial charge in [0.15, 0.2) is 0 Å². The topological polar surface area (TPSA) is 69.4 Å². The van der Waals surface area contributed by atoms with E-state index in [0.717, 1.165) is 17.7 Å². The molecule has 0 spiro atoms. The molecule has 5 nitrogen and oxygen atoms in total. The van der Waals surface area contributed by atoms with E-state index in [2.05, 4.69) is 4.98 Å². The Labute approximate surface area is 143 Å². The highest BCUT2D eigenvalue weighted by Crippen LogP contribution is 2.29. The van der Waals surface area contributed by atoms with Gasteiger partial charge in [0.25, 0.3) is 0 Å². The van der Waals surface area contributed by atoms with Crippen LogP contribution in [0.1, 0.15) is 25.3 Å². The number of fused-ring (bicyclic) bond motifs is 1. The number of thioether (sulfide) groups is 1. The molecule has 0 N–H and O–H groups in total. The lowest BCUT2D eigenvalue weighted by Crippen LogP contribution is -2.14. The van der Waals surface area contributed by atoms with Gasteiger partial charge in [-0.1, -0.05) is 18.2 Å². The van der Waals surface area contributed by atoms with Crippen molar-refractivity contribution < 1.29 is 13.9 Å². The summed E-state index contributed by atoms with van der Waals surface area (Å²) in [5.41, 5.74) is 1.06. The van der Waals surface area contributed by atoms with Crippen molar-refractivity contribution in [1.29, 1.82) is 0 Å².